The summed E-state index contributed by atoms with van der Waals surface area (Å²) < 4.78 is 15.8. The van der Waals surface area contributed by atoms with E-state index in [0.717, 1.165) is 36.0 Å². The first-order valence-corrected chi connectivity index (χ1v) is 11.6. The fourth-order valence-corrected chi connectivity index (χ4v) is 4.25. The molecule has 5 rings (SSSR count). The van der Waals surface area contributed by atoms with Crippen molar-refractivity contribution in [3.8, 4) is 23.1 Å². The van der Waals surface area contributed by atoms with Crippen LogP contribution < -0.4 is 10.3 Å². The van der Waals surface area contributed by atoms with E-state index in [9.17, 15) is 9.59 Å². The number of hydrogen-bond acceptors (Lipinski definition) is 9. The smallest absolute Gasteiger partial charge is 0.361 e. The van der Waals surface area contributed by atoms with Crippen molar-refractivity contribution in [2.75, 3.05) is 13.2 Å². The largest absolute Gasteiger partial charge is 0.486 e. The van der Waals surface area contributed by atoms with Crippen LogP contribution in [-0.4, -0.2) is 58.5 Å². The molecule has 12 nitrogen and oxygen atoms in total. The van der Waals surface area contributed by atoms with Gasteiger partial charge in [-0.3, -0.25) is 9.36 Å². The van der Waals surface area contributed by atoms with E-state index in [2.05, 4.69) is 25.1 Å². The molecule has 0 aliphatic heterocycles. The average molecular weight is 479 g/mol. The van der Waals surface area contributed by atoms with Gasteiger partial charge in [0, 0.05) is 13.1 Å². The lowest BCUT2D eigenvalue weighted by Gasteiger charge is -2.29. The Bertz CT molecular complexity index is 1480. The van der Waals surface area contributed by atoms with E-state index in [4.69, 9.17) is 14.5 Å². The SMILES string of the molecule is CCOC(=O)c1nc(-c2nc3ccc(-n4nnnc4C)cc3n2C2CCC2)n(C)c(=O)c1OCC. The van der Waals surface area contributed by atoms with Gasteiger partial charge < -0.3 is 14.0 Å². The molecule has 35 heavy (non-hydrogen) atoms. The van der Waals surface area contributed by atoms with Crippen molar-refractivity contribution < 1.29 is 14.3 Å². The summed E-state index contributed by atoms with van der Waals surface area (Å²) in [4.78, 5) is 35.3. The normalized spacial score (nSPS) is 13.7. The maximum atomic E-state index is 13.2. The number of fused-ring (bicyclic) bond motifs is 1. The second kappa shape index (κ2) is 8.93. The minimum absolute atomic E-state index is 0.125. The van der Waals surface area contributed by atoms with Gasteiger partial charge in [-0.15, -0.1) is 5.10 Å². The van der Waals surface area contributed by atoms with Gasteiger partial charge >= 0.3 is 5.97 Å². The fourth-order valence-electron chi connectivity index (χ4n) is 4.25. The summed E-state index contributed by atoms with van der Waals surface area (Å²) in [5.74, 6) is 0.597. The molecule has 0 saturated heterocycles. The van der Waals surface area contributed by atoms with E-state index in [1.54, 1.807) is 25.6 Å². The molecule has 1 aromatic carbocycles. The first-order valence-electron chi connectivity index (χ1n) is 11.6. The highest BCUT2D eigenvalue weighted by molar-refractivity contribution is 5.91. The molecule has 1 aliphatic carbocycles. The molecule has 0 bridgehead atoms. The molecule has 0 atom stereocenters. The van der Waals surface area contributed by atoms with E-state index in [1.807, 2.05) is 25.1 Å². The molecule has 182 valence electrons. The Labute approximate surface area is 200 Å². The third-order valence-electron chi connectivity index (χ3n) is 6.19. The number of ether oxygens (including phenoxy) is 2. The van der Waals surface area contributed by atoms with Crippen LogP contribution in [0.4, 0.5) is 0 Å². The Kier molecular flexibility index (Phi) is 5.79. The number of esters is 1. The van der Waals surface area contributed by atoms with Crippen molar-refractivity contribution in [2.45, 2.75) is 46.1 Å². The lowest BCUT2D eigenvalue weighted by Crippen LogP contribution is -2.28. The highest BCUT2D eigenvalue weighted by atomic mass is 16.5. The van der Waals surface area contributed by atoms with Gasteiger partial charge in [-0.25, -0.2) is 14.8 Å². The molecular weight excluding hydrogens is 452 g/mol. The first-order chi connectivity index (χ1) is 16.9. The van der Waals surface area contributed by atoms with E-state index in [0.29, 0.717) is 11.6 Å². The number of imidazole rings is 1. The summed E-state index contributed by atoms with van der Waals surface area (Å²) in [6.45, 7) is 5.62. The van der Waals surface area contributed by atoms with Crippen molar-refractivity contribution in [1.82, 2.24) is 39.3 Å². The monoisotopic (exact) mass is 478 g/mol. The number of tetrazole rings is 1. The fraction of sp³-hybridized carbons (Fsp3) is 0.435. The molecule has 4 aromatic rings. The summed E-state index contributed by atoms with van der Waals surface area (Å²) in [7, 11) is 1.60. The first kappa shape index (κ1) is 22.7. The third-order valence-corrected chi connectivity index (χ3v) is 6.19. The molecule has 1 aliphatic rings. The van der Waals surface area contributed by atoms with Crippen LogP contribution >= 0.6 is 0 Å². The summed E-state index contributed by atoms with van der Waals surface area (Å²) in [5.41, 5.74) is 1.79. The predicted molar refractivity (Wildman–Crippen MR) is 126 cm³/mol. The molecule has 3 aromatic heterocycles. The molecule has 0 unspecified atom stereocenters. The van der Waals surface area contributed by atoms with Crippen LogP contribution in [0.25, 0.3) is 28.4 Å². The maximum absolute atomic E-state index is 13.2. The van der Waals surface area contributed by atoms with E-state index in [1.165, 1.54) is 4.57 Å². The molecule has 0 radical (unpaired) electrons. The van der Waals surface area contributed by atoms with Crippen molar-refractivity contribution >= 4 is 17.0 Å². The van der Waals surface area contributed by atoms with E-state index >= 15 is 0 Å². The summed E-state index contributed by atoms with van der Waals surface area (Å²) in [5, 5.41) is 11.8. The van der Waals surface area contributed by atoms with Gasteiger partial charge in [-0.2, -0.15) is 4.68 Å². The van der Waals surface area contributed by atoms with Gasteiger partial charge in [-0.1, -0.05) is 0 Å². The van der Waals surface area contributed by atoms with Crippen LogP contribution in [0.2, 0.25) is 0 Å². The molecular formula is C23H26N8O4. The second-order valence-corrected chi connectivity index (χ2v) is 8.33. The number of nitrogens with zero attached hydrogens (tertiary/aromatic N) is 8. The van der Waals surface area contributed by atoms with Gasteiger partial charge in [0.05, 0.1) is 29.9 Å². The lowest BCUT2D eigenvalue weighted by molar-refractivity contribution is 0.0513. The van der Waals surface area contributed by atoms with Gasteiger partial charge in [0.1, 0.15) is 0 Å². The number of carbonyl (C=O) groups excluding carboxylic acids is 1. The molecule has 1 saturated carbocycles. The maximum Gasteiger partial charge on any atom is 0.361 e. The Balaban J connectivity index is 1.75. The van der Waals surface area contributed by atoms with E-state index in [-0.39, 0.29) is 36.5 Å². The lowest BCUT2D eigenvalue weighted by atomic mass is 9.92. The summed E-state index contributed by atoms with van der Waals surface area (Å²) >= 11 is 0. The number of aromatic nitrogens is 8. The number of benzene rings is 1. The molecule has 0 N–H and O–H groups in total. The minimum Gasteiger partial charge on any atom is -0.486 e. The molecule has 1 fully saturated rings. The van der Waals surface area contributed by atoms with Crippen LogP contribution in [0.1, 0.15) is 55.5 Å². The zero-order valence-electron chi connectivity index (χ0n) is 20.1. The molecule has 12 heteroatoms. The van der Waals surface area contributed by atoms with Crippen LogP contribution in [0.15, 0.2) is 23.0 Å². The Morgan fingerprint density at radius 3 is 2.57 bits per heavy atom. The highest BCUT2D eigenvalue weighted by Crippen LogP contribution is 2.38. The molecule has 0 spiro atoms. The average Bonchev–Trinajstić information content (AvgIpc) is 3.40. The minimum atomic E-state index is -0.711. The van der Waals surface area contributed by atoms with Crippen LogP contribution in [-0.2, 0) is 11.8 Å². The van der Waals surface area contributed by atoms with Gasteiger partial charge in [0.25, 0.3) is 5.56 Å². The number of rotatable bonds is 7. The van der Waals surface area contributed by atoms with Crippen LogP contribution in [0.3, 0.4) is 0 Å². The zero-order chi connectivity index (χ0) is 24.7. The van der Waals surface area contributed by atoms with Gasteiger partial charge in [0.15, 0.2) is 23.2 Å². The summed E-state index contributed by atoms with van der Waals surface area (Å²) in [6.07, 6.45) is 3.05. The zero-order valence-corrected chi connectivity index (χ0v) is 20.1. The van der Waals surface area contributed by atoms with Crippen molar-refractivity contribution in [3.63, 3.8) is 0 Å². The Hall–Kier alpha value is -4.09. The van der Waals surface area contributed by atoms with E-state index < -0.39 is 11.5 Å². The topological polar surface area (TPSA) is 132 Å². The highest BCUT2D eigenvalue weighted by Gasteiger charge is 2.30. The quantitative estimate of drug-likeness (QED) is 0.367. The molecule has 3 heterocycles. The predicted octanol–water partition coefficient (Wildman–Crippen LogP) is 2.38. The van der Waals surface area contributed by atoms with Gasteiger partial charge in [-0.05, 0) is 68.7 Å². The number of carbonyl (C=O) groups is 1. The standard InChI is InChI=1S/C23H26N8O4/c1-5-34-19-18(23(33)35-6-2)25-20(29(4)22(19)32)21-24-16-11-10-15(31-13(3)26-27-28-31)12-17(16)30(21)14-8-7-9-14/h10-12,14H,5-9H2,1-4H3. The summed E-state index contributed by atoms with van der Waals surface area (Å²) in [6, 6.07) is 5.95. The Morgan fingerprint density at radius 2 is 1.94 bits per heavy atom. The van der Waals surface area contributed by atoms with Crippen LogP contribution in [0.5, 0.6) is 5.75 Å². The van der Waals surface area contributed by atoms with Crippen molar-refractivity contribution in [2.24, 2.45) is 7.05 Å². The van der Waals surface area contributed by atoms with Crippen molar-refractivity contribution in [1.29, 1.82) is 0 Å². The van der Waals surface area contributed by atoms with Crippen LogP contribution in [0, 0.1) is 6.92 Å². The number of aryl methyl sites for hydroxylation is 1. The van der Waals surface area contributed by atoms with Crippen molar-refractivity contribution in [3.05, 3.63) is 40.1 Å². The molecule has 0 amide bonds. The second-order valence-electron chi connectivity index (χ2n) is 8.33. The third kappa shape index (κ3) is 3.74. The number of hydrogen-bond donors (Lipinski definition) is 0. The Morgan fingerprint density at radius 1 is 1.14 bits per heavy atom. The van der Waals surface area contributed by atoms with Gasteiger partial charge in [0.2, 0.25) is 5.75 Å².